The number of carbonyl (C=O) groups excluding carboxylic acids is 3. The van der Waals surface area contributed by atoms with Crippen molar-refractivity contribution in [3.8, 4) is 0 Å². The van der Waals surface area contributed by atoms with Crippen LogP contribution in [0.5, 0.6) is 0 Å². The van der Waals surface area contributed by atoms with Gasteiger partial charge in [-0.1, -0.05) is 232 Å². The fourth-order valence-electron chi connectivity index (χ4n) is 6.99. The van der Waals surface area contributed by atoms with Gasteiger partial charge in [0.05, 0.1) is 0 Å². The average Bonchev–Trinajstić information content (AvgIpc) is 3.33. The maximum Gasteiger partial charge on any atom is 0.306 e. The van der Waals surface area contributed by atoms with Crippen molar-refractivity contribution in [2.75, 3.05) is 13.2 Å². The largest absolute Gasteiger partial charge is 0.462 e. The summed E-state index contributed by atoms with van der Waals surface area (Å²) in [5.41, 5.74) is 0. The molecule has 0 fully saturated rings. The van der Waals surface area contributed by atoms with Gasteiger partial charge in [0.1, 0.15) is 13.2 Å². The minimum Gasteiger partial charge on any atom is -0.462 e. The van der Waals surface area contributed by atoms with Gasteiger partial charge < -0.3 is 14.2 Å². The van der Waals surface area contributed by atoms with E-state index in [1.165, 1.54) is 64.2 Å². The second kappa shape index (κ2) is 54.4. The van der Waals surface area contributed by atoms with Crippen molar-refractivity contribution >= 4 is 17.9 Å². The molecule has 0 saturated heterocycles. The molecule has 0 spiro atoms. The van der Waals surface area contributed by atoms with E-state index in [4.69, 9.17) is 14.2 Å². The molecule has 0 aliphatic heterocycles. The van der Waals surface area contributed by atoms with Gasteiger partial charge in [0, 0.05) is 19.3 Å². The summed E-state index contributed by atoms with van der Waals surface area (Å²) in [5.74, 6) is -1.02. The van der Waals surface area contributed by atoms with Crippen LogP contribution in [-0.2, 0) is 28.6 Å². The summed E-state index contributed by atoms with van der Waals surface area (Å²) in [4.78, 5) is 38.0. The molecular weight excluding hydrogens is 829 g/mol. The van der Waals surface area contributed by atoms with Gasteiger partial charge in [0.25, 0.3) is 0 Å². The average molecular weight is 927 g/mol. The summed E-state index contributed by atoms with van der Waals surface area (Å²) in [5, 5.41) is 0. The molecule has 0 aromatic heterocycles. The number of hydrogen-bond donors (Lipinski definition) is 0. The maximum atomic E-state index is 12.8. The van der Waals surface area contributed by atoms with Crippen molar-refractivity contribution in [2.45, 2.75) is 232 Å². The van der Waals surface area contributed by atoms with Crippen molar-refractivity contribution in [3.63, 3.8) is 0 Å². The summed E-state index contributed by atoms with van der Waals surface area (Å²) in [6, 6.07) is 0. The van der Waals surface area contributed by atoms with Crippen LogP contribution in [0.3, 0.4) is 0 Å². The lowest BCUT2D eigenvalue weighted by Crippen LogP contribution is -2.30. The Morgan fingerprint density at radius 1 is 0.313 bits per heavy atom. The molecule has 0 aliphatic carbocycles. The normalized spacial score (nSPS) is 13.1. The van der Waals surface area contributed by atoms with E-state index in [1.54, 1.807) is 0 Å². The topological polar surface area (TPSA) is 78.9 Å². The molecule has 0 rings (SSSR count). The SMILES string of the molecule is CC/C=C\C/C=C\C/C=C\C/C=C\C/C=C\C/C=C\CCC(=O)OCC(COC(=O)CCCCCCCCCCCCC)OC(=O)CCCCCCCC/C=C\C/C=C\C/C=C\C/C=C\CC. The Labute approximate surface area is 412 Å². The quantitative estimate of drug-likeness (QED) is 0.0262. The Morgan fingerprint density at radius 2 is 0.612 bits per heavy atom. The van der Waals surface area contributed by atoms with Crippen LogP contribution in [0.1, 0.15) is 226 Å². The van der Waals surface area contributed by atoms with Crippen LogP contribution in [0, 0.1) is 0 Å². The molecule has 1 atom stereocenters. The van der Waals surface area contributed by atoms with E-state index in [0.717, 1.165) is 116 Å². The van der Waals surface area contributed by atoms with E-state index in [-0.39, 0.29) is 37.5 Å². The highest BCUT2D eigenvalue weighted by atomic mass is 16.6. The van der Waals surface area contributed by atoms with Crippen LogP contribution in [0.4, 0.5) is 0 Å². The number of esters is 3. The zero-order chi connectivity index (χ0) is 48.6. The van der Waals surface area contributed by atoms with E-state index in [1.807, 2.05) is 6.08 Å². The molecule has 6 nitrogen and oxygen atoms in total. The molecule has 0 N–H and O–H groups in total. The smallest absolute Gasteiger partial charge is 0.306 e. The Morgan fingerprint density at radius 3 is 1.00 bits per heavy atom. The first-order valence-corrected chi connectivity index (χ1v) is 27.0. The van der Waals surface area contributed by atoms with Gasteiger partial charge in [-0.25, -0.2) is 0 Å². The fraction of sp³-hybridized carbons (Fsp3) is 0.623. The van der Waals surface area contributed by atoms with Crippen molar-refractivity contribution in [2.24, 2.45) is 0 Å². The van der Waals surface area contributed by atoms with Crippen molar-refractivity contribution < 1.29 is 28.6 Å². The Hall–Kier alpha value is -4.19. The van der Waals surface area contributed by atoms with Crippen LogP contribution in [0.15, 0.2) is 122 Å². The number of hydrogen-bond acceptors (Lipinski definition) is 6. The standard InChI is InChI=1S/C61H98O6/c1-4-7-10-13-16-19-22-24-26-28-30-32-34-36-39-42-45-48-51-54-60(63)66-57-58(56-65-59(62)53-50-47-44-41-38-21-18-15-12-9-6-3)67-61(64)55-52-49-46-43-40-37-35-33-31-29-27-25-23-20-17-14-11-8-5-2/h7-8,10-11,16-17,19-20,24-27,30-33,36,39,45,48,58H,4-6,9,12-15,18,21-23,28-29,34-35,37-38,40-44,46-47,49-57H2,1-3H3/b10-7-,11-8-,19-16-,20-17-,26-24-,27-25-,32-30-,33-31-,39-36-,48-45-. The predicted molar refractivity (Wildman–Crippen MR) is 288 cm³/mol. The minimum absolute atomic E-state index is 0.109. The molecule has 0 aromatic rings. The molecule has 0 saturated carbocycles. The Kier molecular flexibility index (Phi) is 51.0. The van der Waals surface area contributed by atoms with Crippen LogP contribution in [0.2, 0.25) is 0 Å². The lowest BCUT2D eigenvalue weighted by Gasteiger charge is -2.18. The summed E-state index contributed by atoms with van der Waals surface area (Å²) in [7, 11) is 0. The number of unbranched alkanes of at least 4 members (excludes halogenated alkanes) is 16. The van der Waals surface area contributed by atoms with Crippen molar-refractivity contribution in [1.82, 2.24) is 0 Å². The van der Waals surface area contributed by atoms with Crippen LogP contribution < -0.4 is 0 Å². The van der Waals surface area contributed by atoms with Crippen LogP contribution in [0.25, 0.3) is 0 Å². The third-order valence-electron chi connectivity index (χ3n) is 11.0. The molecule has 0 radical (unpaired) electrons. The third kappa shape index (κ3) is 52.6. The van der Waals surface area contributed by atoms with Crippen LogP contribution in [-0.4, -0.2) is 37.2 Å². The van der Waals surface area contributed by atoms with E-state index in [2.05, 4.69) is 136 Å². The molecule has 0 bridgehead atoms. The van der Waals surface area contributed by atoms with Crippen LogP contribution >= 0.6 is 0 Å². The molecule has 0 aliphatic rings. The number of allylic oxidation sites excluding steroid dienone is 20. The molecular formula is C61H98O6. The van der Waals surface area contributed by atoms with E-state index in [9.17, 15) is 14.4 Å². The van der Waals surface area contributed by atoms with Crippen molar-refractivity contribution in [1.29, 1.82) is 0 Å². The second-order valence-electron chi connectivity index (χ2n) is 17.4. The highest BCUT2D eigenvalue weighted by molar-refractivity contribution is 5.71. The predicted octanol–water partition coefficient (Wildman–Crippen LogP) is 18.1. The van der Waals surface area contributed by atoms with Gasteiger partial charge in [-0.3, -0.25) is 14.4 Å². The van der Waals surface area contributed by atoms with Crippen molar-refractivity contribution in [3.05, 3.63) is 122 Å². The Bertz CT molecular complexity index is 1440. The van der Waals surface area contributed by atoms with Gasteiger partial charge in [0.15, 0.2) is 6.10 Å². The van der Waals surface area contributed by atoms with Gasteiger partial charge in [-0.2, -0.15) is 0 Å². The first kappa shape index (κ1) is 62.8. The summed E-state index contributed by atoms with van der Waals surface area (Å²) in [6.07, 6.45) is 74.8. The van der Waals surface area contributed by atoms with Gasteiger partial charge in [-0.15, -0.1) is 0 Å². The first-order valence-electron chi connectivity index (χ1n) is 27.0. The lowest BCUT2D eigenvalue weighted by molar-refractivity contribution is -0.166. The number of ether oxygens (including phenoxy) is 3. The lowest BCUT2D eigenvalue weighted by atomic mass is 10.1. The first-order chi connectivity index (χ1) is 33.0. The minimum atomic E-state index is -0.818. The fourth-order valence-corrected chi connectivity index (χ4v) is 6.99. The number of carbonyl (C=O) groups is 3. The molecule has 0 heterocycles. The highest BCUT2D eigenvalue weighted by Gasteiger charge is 2.19. The number of rotatable bonds is 47. The molecule has 67 heavy (non-hydrogen) atoms. The van der Waals surface area contributed by atoms with E-state index >= 15 is 0 Å². The molecule has 0 aromatic carbocycles. The third-order valence-corrected chi connectivity index (χ3v) is 11.0. The van der Waals surface area contributed by atoms with Gasteiger partial charge in [0.2, 0.25) is 0 Å². The van der Waals surface area contributed by atoms with E-state index in [0.29, 0.717) is 19.3 Å². The van der Waals surface area contributed by atoms with E-state index < -0.39 is 6.10 Å². The summed E-state index contributed by atoms with van der Waals surface area (Å²) >= 11 is 0. The van der Waals surface area contributed by atoms with Gasteiger partial charge >= 0.3 is 17.9 Å². The van der Waals surface area contributed by atoms with Gasteiger partial charge in [-0.05, 0) is 96.3 Å². The summed E-state index contributed by atoms with van der Waals surface area (Å²) < 4.78 is 16.7. The zero-order valence-corrected chi connectivity index (χ0v) is 43.1. The Balaban J connectivity index is 4.51. The second-order valence-corrected chi connectivity index (χ2v) is 17.4. The molecule has 0 amide bonds. The molecule has 1 unspecified atom stereocenters. The molecule has 6 heteroatoms. The maximum absolute atomic E-state index is 12.8. The summed E-state index contributed by atoms with van der Waals surface area (Å²) in [6.45, 7) is 6.32. The highest BCUT2D eigenvalue weighted by Crippen LogP contribution is 2.14. The molecule has 378 valence electrons. The zero-order valence-electron chi connectivity index (χ0n) is 43.1. The monoisotopic (exact) mass is 927 g/mol.